The Morgan fingerprint density at radius 1 is 1.08 bits per heavy atom. The highest BCUT2D eigenvalue weighted by atomic mass is 19.3. The molecule has 9 heteroatoms. The topological polar surface area (TPSA) is 99.2 Å². The predicted molar refractivity (Wildman–Crippen MR) is 133 cm³/mol. The van der Waals surface area contributed by atoms with Crippen LogP contribution in [-0.4, -0.2) is 16.7 Å². The largest absolute Gasteiger partial charge is 0.486 e. The highest BCUT2D eigenvalue weighted by molar-refractivity contribution is 5.88. The molecule has 1 aromatic heterocycles. The third-order valence-corrected chi connectivity index (χ3v) is 5.24. The first-order chi connectivity index (χ1) is 17.5. The van der Waals surface area contributed by atoms with Crippen molar-refractivity contribution in [1.82, 2.24) is 4.98 Å². The molecule has 37 heavy (non-hydrogen) atoms. The zero-order valence-corrected chi connectivity index (χ0v) is 21.0. The number of benzene rings is 2. The molecule has 0 aliphatic rings. The molecule has 1 amide bonds. The summed E-state index contributed by atoms with van der Waals surface area (Å²) >= 11 is 0. The number of hydrogen-bond acceptors (Lipinski definition) is 6. The number of amides is 1. The van der Waals surface area contributed by atoms with Crippen molar-refractivity contribution in [3.05, 3.63) is 88.2 Å². The first kappa shape index (κ1) is 27.1. The van der Waals surface area contributed by atoms with Crippen molar-refractivity contribution in [2.45, 2.75) is 52.9 Å². The number of halogens is 2. The summed E-state index contributed by atoms with van der Waals surface area (Å²) in [5.41, 5.74) is 0.941. The summed E-state index contributed by atoms with van der Waals surface area (Å²) < 4.78 is 40.1. The van der Waals surface area contributed by atoms with Crippen LogP contribution in [0.4, 0.5) is 19.3 Å². The predicted octanol–water partition coefficient (Wildman–Crippen LogP) is 6.59. The number of alkyl halides is 2. The van der Waals surface area contributed by atoms with Gasteiger partial charge in [0.1, 0.15) is 18.0 Å². The van der Waals surface area contributed by atoms with Crippen LogP contribution in [0, 0.1) is 29.6 Å². The fourth-order valence-corrected chi connectivity index (χ4v) is 3.54. The molecule has 3 rings (SSSR count). The average Bonchev–Trinajstić information content (AvgIpc) is 2.86. The Labute approximate surface area is 214 Å². The molecule has 0 radical (unpaired) electrons. The number of rotatable bonds is 7. The molecule has 0 aliphatic heterocycles. The molecule has 1 heterocycles. The molecule has 7 nitrogen and oxygen atoms in total. The van der Waals surface area contributed by atoms with Gasteiger partial charge in [-0.3, -0.25) is 9.88 Å². The van der Waals surface area contributed by atoms with E-state index in [1.54, 1.807) is 64.1 Å². The van der Waals surface area contributed by atoms with Crippen LogP contribution >= 0.6 is 0 Å². The monoisotopic (exact) mass is 504 g/mol. The van der Waals surface area contributed by atoms with Crippen molar-refractivity contribution in [3.8, 4) is 17.9 Å². The number of hydrogen-bond donors (Lipinski definition) is 0. The lowest BCUT2D eigenvalue weighted by molar-refractivity contribution is 0.0576. The van der Waals surface area contributed by atoms with Gasteiger partial charge in [-0.1, -0.05) is 12.1 Å². The minimum atomic E-state index is -2.92. The zero-order chi connectivity index (χ0) is 27.2. The summed E-state index contributed by atoms with van der Waals surface area (Å²) in [6.07, 6.45) is -2.37. The molecule has 0 fully saturated rings. The normalized spacial score (nSPS) is 10.9. The van der Waals surface area contributed by atoms with E-state index < -0.39 is 18.1 Å². The number of ether oxygens (including phenoxy) is 2. The number of aryl methyl sites for hydroxylation is 1. The Kier molecular flexibility index (Phi) is 8.41. The molecule has 0 spiro atoms. The van der Waals surface area contributed by atoms with Crippen molar-refractivity contribution in [2.24, 2.45) is 0 Å². The third kappa shape index (κ3) is 7.02. The SMILES string of the molecule is Cc1ncc(CN(C(=O)OC(C)(C)C)c2ccc(C#N)cc2)c(C(F)F)c1OCc1cccc(C#N)c1. The van der Waals surface area contributed by atoms with Gasteiger partial charge in [-0.15, -0.1) is 0 Å². The van der Waals surface area contributed by atoms with Crippen LogP contribution in [0.3, 0.4) is 0 Å². The van der Waals surface area contributed by atoms with Gasteiger partial charge in [0.05, 0.1) is 41.1 Å². The lowest BCUT2D eigenvalue weighted by Gasteiger charge is -2.28. The second-order valence-electron chi connectivity index (χ2n) is 9.24. The van der Waals surface area contributed by atoms with Crippen molar-refractivity contribution >= 4 is 11.8 Å². The first-order valence-electron chi connectivity index (χ1n) is 11.4. The number of nitriles is 2. The molecule has 0 saturated heterocycles. The van der Waals surface area contributed by atoms with Gasteiger partial charge in [-0.05, 0) is 69.7 Å². The summed E-state index contributed by atoms with van der Waals surface area (Å²) in [6, 6.07) is 16.8. The van der Waals surface area contributed by atoms with Gasteiger partial charge >= 0.3 is 6.09 Å². The van der Waals surface area contributed by atoms with E-state index in [1.165, 1.54) is 23.2 Å². The fraction of sp³-hybridized carbons (Fsp3) is 0.286. The average molecular weight is 505 g/mol. The molecule has 2 aromatic carbocycles. The molecule has 0 saturated carbocycles. The molecule has 0 bridgehead atoms. The number of aromatic nitrogens is 1. The van der Waals surface area contributed by atoms with E-state index in [0.717, 1.165) is 0 Å². The molecular weight excluding hydrogens is 478 g/mol. The fourth-order valence-electron chi connectivity index (χ4n) is 3.54. The van der Waals surface area contributed by atoms with E-state index in [1.807, 2.05) is 12.1 Å². The van der Waals surface area contributed by atoms with Crippen molar-refractivity contribution in [3.63, 3.8) is 0 Å². The van der Waals surface area contributed by atoms with Gasteiger partial charge in [-0.25, -0.2) is 13.6 Å². The molecule has 0 N–H and O–H groups in total. The first-order valence-corrected chi connectivity index (χ1v) is 11.4. The Morgan fingerprint density at radius 3 is 2.35 bits per heavy atom. The smallest absolute Gasteiger partial charge is 0.415 e. The van der Waals surface area contributed by atoms with Gasteiger partial charge in [0.2, 0.25) is 0 Å². The summed E-state index contributed by atoms with van der Waals surface area (Å²) in [7, 11) is 0. The summed E-state index contributed by atoms with van der Waals surface area (Å²) in [5, 5.41) is 18.2. The minimum absolute atomic E-state index is 0.0490. The lowest BCUT2D eigenvalue weighted by Crippen LogP contribution is -2.36. The van der Waals surface area contributed by atoms with Crippen LogP contribution in [-0.2, 0) is 17.9 Å². The van der Waals surface area contributed by atoms with Crippen LogP contribution in [0.5, 0.6) is 5.75 Å². The highest BCUT2D eigenvalue weighted by Gasteiger charge is 2.28. The van der Waals surface area contributed by atoms with Gasteiger partial charge in [0.15, 0.2) is 0 Å². The standard InChI is InChI=1S/C28H26F2N4O3/c1-18-25(36-17-21-7-5-6-20(12-21)14-32)24(26(29)30)22(15-33-18)16-34(27(35)37-28(2,3)4)23-10-8-19(13-31)9-11-23/h5-12,15,26H,16-17H2,1-4H3. The number of nitrogens with zero attached hydrogens (tertiary/aromatic N) is 4. The van der Waals surface area contributed by atoms with Crippen molar-refractivity contribution in [1.29, 1.82) is 10.5 Å². The van der Waals surface area contributed by atoms with E-state index in [9.17, 15) is 13.6 Å². The van der Waals surface area contributed by atoms with Crippen molar-refractivity contribution in [2.75, 3.05) is 4.90 Å². The van der Waals surface area contributed by atoms with Gasteiger partial charge in [0.25, 0.3) is 6.43 Å². The zero-order valence-electron chi connectivity index (χ0n) is 21.0. The molecule has 190 valence electrons. The number of pyridine rings is 1. The summed E-state index contributed by atoms with van der Waals surface area (Å²) in [6.45, 7) is 6.34. The molecule has 0 unspecified atom stereocenters. The molecule has 0 aliphatic carbocycles. The van der Waals surface area contributed by atoms with Gasteiger partial charge in [-0.2, -0.15) is 10.5 Å². The Balaban J connectivity index is 2.00. The maximum Gasteiger partial charge on any atom is 0.415 e. The van der Waals surface area contributed by atoms with Crippen LogP contribution in [0.1, 0.15) is 60.7 Å². The van der Waals surface area contributed by atoms with Gasteiger partial charge in [0, 0.05) is 17.4 Å². The minimum Gasteiger partial charge on any atom is -0.486 e. The van der Waals surface area contributed by atoms with E-state index in [2.05, 4.69) is 4.98 Å². The van der Waals surface area contributed by atoms with E-state index >= 15 is 0 Å². The Bertz CT molecular complexity index is 1350. The van der Waals surface area contributed by atoms with Crippen LogP contribution in [0.15, 0.2) is 54.7 Å². The van der Waals surface area contributed by atoms with E-state index in [-0.39, 0.29) is 35.7 Å². The second kappa shape index (κ2) is 11.5. The highest BCUT2D eigenvalue weighted by Crippen LogP contribution is 2.36. The maximum absolute atomic E-state index is 14.4. The second-order valence-corrected chi connectivity index (χ2v) is 9.24. The Hall–Kier alpha value is -4.50. The maximum atomic E-state index is 14.4. The van der Waals surface area contributed by atoms with Crippen molar-refractivity contribution < 1.29 is 23.0 Å². The molecule has 3 aromatic rings. The quantitative estimate of drug-likeness (QED) is 0.360. The summed E-state index contributed by atoms with van der Waals surface area (Å²) in [5.74, 6) is -0.0844. The molecular formula is C28H26F2N4O3. The van der Waals surface area contributed by atoms with E-state index in [4.69, 9.17) is 20.0 Å². The Morgan fingerprint density at radius 2 is 1.76 bits per heavy atom. The van der Waals surface area contributed by atoms with Crippen LogP contribution in [0.2, 0.25) is 0 Å². The summed E-state index contributed by atoms with van der Waals surface area (Å²) in [4.78, 5) is 18.6. The van der Waals surface area contributed by atoms with Gasteiger partial charge < -0.3 is 9.47 Å². The van der Waals surface area contributed by atoms with Crippen LogP contribution < -0.4 is 9.64 Å². The lowest BCUT2D eigenvalue weighted by atomic mass is 10.1. The molecule has 0 atom stereocenters. The number of carbonyl (C=O) groups excluding carboxylic acids is 1. The van der Waals surface area contributed by atoms with E-state index in [0.29, 0.717) is 22.4 Å². The third-order valence-electron chi connectivity index (χ3n) is 5.24. The van der Waals surface area contributed by atoms with Crippen LogP contribution in [0.25, 0.3) is 0 Å². The number of anilines is 1. The number of carbonyl (C=O) groups is 1.